The van der Waals surface area contributed by atoms with Gasteiger partial charge in [-0.25, -0.2) is 0 Å². The van der Waals surface area contributed by atoms with Crippen LogP contribution in [0.2, 0.25) is 0 Å². The van der Waals surface area contributed by atoms with Gasteiger partial charge in [0.05, 0.1) is 39.0 Å². The summed E-state index contributed by atoms with van der Waals surface area (Å²) in [6.45, 7) is 0.552. The van der Waals surface area contributed by atoms with E-state index in [4.69, 9.17) is 14.2 Å². The maximum atomic E-state index is 13.5. The zero-order chi connectivity index (χ0) is 21.3. The van der Waals surface area contributed by atoms with Crippen molar-refractivity contribution < 1.29 is 23.8 Å². The van der Waals surface area contributed by atoms with Gasteiger partial charge in [0.15, 0.2) is 11.5 Å². The number of benzene rings is 2. The number of thioether (sulfide) groups is 1. The monoisotopic (exact) mass is 427 g/mol. The van der Waals surface area contributed by atoms with E-state index in [0.29, 0.717) is 30.9 Å². The lowest BCUT2D eigenvalue weighted by molar-refractivity contribution is -0.144. The molecule has 0 unspecified atom stereocenters. The smallest absolute Gasteiger partial charge is 0.307 e. The maximum absolute atomic E-state index is 13.5. The Morgan fingerprint density at radius 1 is 1.07 bits per heavy atom. The van der Waals surface area contributed by atoms with E-state index in [9.17, 15) is 9.59 Å². The molecule has 2 aliphatic rings. The second-order valence-electron chi connectivity index (χ2n) is 7.40. The number of nitrogens with zero attached hydrogens (tertiary/aromatic N) is 1. The predicted octanol–water partition coefficient (Wildman–Crippen LogP) is 3.41. The second-order valence-corrected chi connectivity index (χ2v) is 8.65. The van der Waals surface area contributed by atoms with Gasteiger partial charge in [-0.2, -0.15) is 0 Å². The molecule has 0 aromatic heterocycles. The first-order valence-corrected chi connectivity index (χ1v) is 10.8. The van der Waals surface area contributed by atoms with Crippen molar-refractivity contribution in [3.8, 4) is 11.5 Å². The van der Waals surface area contributed by atoms with Gasteiger partial charge in [-0.3, -0.25) is 9.59 Å². The molecule has 158 valence electrons. The van der Waals surface area contributed by atoms with Gasteiger partial charge in [0.2, 0.25) is 5.91 Å². The SMILES string of the molecule is COC(=O)C[C@H]1c2cc(OC)c(OC)cc2CCN1C(=O)[C@H]1Cc2ccccc2S1. The molecule has 1 amide bonds. The molecule has 2 heterocycles. The minimum atomic E-state index is -0.391. The Hall–Kier alpha value is -2.67. The Labute approximate surface area is 180 Å². The molecule has 0 N–H and O–H groups in total. The lowest BCUT2D eigenvalue weighted by Gasteiger charge is -2.38. The number of esters is 1. The predicted molar refractivity (Wildman–Crippen MR) is 114 cm³/mol. The normalized spacial score (nSPS) is 19.6. The van der Waals surface area contributed by atoms with Crippen molar-refractivity contribution in [1.82, 2.24) is 4.90 Å². The van der Waals surface area contributed by atoms with Crippen LogP contribution < -0.4 is 9.47 Å². The minimum Gasteiger partial charge on any atom is -0.493 e. The summed E-state index contributed by atoms with van der Waals surface area (Å²) in [5.74, 6) is 0.950. The highest BCUT2D eigenvalue weighted by molar-refractivity contribution is 8.01. The molecule has 6 nitrogen and oxygen atoms in total. The molecule has 0 saturated heterocycles. The fourth-order valence-corrected chi connectivity index (χ4v) is 5.52. The summed E-state index contributed by atoms with van der Waals surface area (Å²) < 4.78 is 15.8. The first kappa shape index (κ1) is 20.6. The van der Waals surface area contributed by atoms with E-state index < -0.39 is 6.04 Å². The van der Waals surface area contributed by atoms with Gasteiger partial charge in [0, 0.05) is 11.4 Å². The van der Waals surface area contributed by atoms with Crippen LogP contribution in [0.1, 0.15) is 29.2 Å². The van der Waals surface area contributed by atoms with E-state index in [1.54, 1.807) is 26.0 Å². The Balaban J connectivity index is 1.66. The lowest BCUT2D eigenvalue weighted by Crippen LogP contribution is -2.45. The minimum absolute atomic E-state index is 0.0607. The highest BCUT2D eigenvalue weighted by atomic mass is 32.2. The Bertz CT molecular complexity index is 951. The van der Waals surface area contributed by atoms with E-state index in [2.05, 4.69) is 12.1 Å². The van der Waals surface area contributed by atoms with Gasteiger partial charge >= 0.3 is 5.97 Å². The van der Waals surface area contributed by atoms with Crippen LogP contribution >= 0.6 is 11.8 Å². The van der Waals surface area contributed by atoms with E-state index in [1.807, 2.05) is 29.2 Å². The van der Waals surface area contributed by atoms with Gasteiger partial charge < -0.3 is 19.1 Å². The van der Waals surface area contributed by atoms with Crippen LogP contribution in [0.25, 0.3) is 0 Å². The lowest BCUT2D eigenvalue weighted by atomic mass is 9.89. The highest BCUT2D eigenvalue weighted by Crippen LogP contribution is 2.43. The molecule has 0 bridgehead atoms. The molecule has 0 saturated carbocycles. The van der Waals surface area contributed by atoms with Gasteiger partial charge in [-0.1, -0.05) is 18.2 Å². The molecule has 2 aromatic rings. The van der Waals surface area contributed by atoms with E-state index in [1.165, 1.54) is 12.7 Å². The molecular weight excluding hydrogens is 402 g/mol. The average molecular weight is 428 g/mol. The molecule has 0 spiro atoms. The van der Waals surface area contributed by atoms with Gasteiger partial charge in [-0.05, 0) is 47.7 Å². The number of hydrogen-bond acceptors (Lipinski definition) is 6. The summed E-state index contributed by atoms with van der Waals surface area (Å²) in [5.41, 5.74) is 3.18. The quantitative estimate of drug-likeness (QED) is 0.682. The van der Waals surface area contributed by atoms with Crippen molar-refractivity contribution in [2.45, 2.75) is 35.4 Å². The zero-order valence-corrected chi connectivity index (χ0v) is 18.2. The van der Waals surface area contributed by atoms with Crippen LogP contribution in [0.15, 0.2) is 41.3 Å². The first-order chi connectivity index (χ1) is 14.5. The van der Waals surface area contributed by atoms with Crippen LogP contribution in [0, 0.1) is 0 Å². The van der Waals surface area contributed by atoms with Gasteiger partial charge in [0.1, 0.15) is 0 Å². The molecule has 30 heavy (non-hydrogen) atoms. The zero-order valence-electron chi connectivity index (χ0n) is 17.3. The van der Waals surface area contributed by atoms with Crippen molar-refractivity contribution in [2.75, 3.05) is 27.9 Å². The van der Waals surface area contributed by atoms with Crippen LogP contribution in [0.3, 0.4) is 0 Å². The van der Waals surface area contributed by atoms with E-state index >= 15 is 0 Å². The summed E-state index contributed by atoms with van der Waals surface area (Å²) in [6.07, 6.45) is 1.51. The number of fused-ring (bicyclic) bond motifs is 2. The summed E-state index contributed by atoms with van der Waals surface area (Å²) in [4.78, 5) is 28.7. The van der Waals surface area contributed by atoms with Crippen LogP contribution in [0.4, 0.5) is 0 Å². The summed E-state index contributed by atoms with van der Waals surface area (Å²) >= 11 is 1.61. The Morgan fingerprint density at radius 2 is 1.80 bits per heavy atom. The number of methoxy groups -OCH3 is 3. The molecule has 2 atom stereocenters. The first-order valence-electron chi connectivity index (χ1n) is 9.92. The highest BCUT2D eigenvalue weighted by Gasteiger charge is 2.38. The van der Waals surface area contributed by atoms with Crippen molar-refractivity contribution in [3.05, 3.63) is 53.1 Å². The number of carbonyl (C=O) groups excluding carboxylic acids is 2. The molecule has 7 heteroatoms. The maximum Gasteiger partial charge on any atom is 0.307 e. The molecule has 0 radical (unpaired) electrons. The Morgan fingerprint density at radius 3 is 2.50 bits per heavy atom. The second kappa shape index (κ2) is 8.60. The van der Waals surface area contributed by atoms with Gasteiger partial charge in [0.25, 0.3) is 0 Å². The third kappa shape index (κ3) is 3.74. The average Bonchev–Trinajstić information content (AvgIpc) is 3.22. The topological polar surface area (TPSA) is 65.1 Å². The molecular formula is C23H25NO5S. The third-order valence-electron chi connectivity index (χ3n) is 5.80. The van der Waals surface area contributed by atoms with Crippen molar-refractivity contribution in [3.63, 3.8) is 0 Å². The largest absolute Gasteiger partial charge is 0.493 e. The van der Waals surface area contributed by atoms with Crippen LogP contribution in [0.5, 0.6) is 11.5 Å². The number of amides is 1. The molecule has 0 fully saturated rings. The standard InChI is InChI=1S/C23H25NO5S/c1-27-18-10-14-8-9-24(17(13-22(25)29-3)16(14)12-19(18)28-2)23(26)21-11-15-6-4-5-7-20(15)30-21/h4-7,10,12,17,21H,8-9,11,13H2,1-3H3/t17-,21+/m0/s1. The molecule has 0 aliphatic carbocycles. The van der Waals surface area contributed by atoms with Crippen molar-refractivity contribution >= 4 is 23.6 Å². The summed E-state index contributed by atoms with van der Waals surface area (Å²) in [5, 5.41) is -0.177. The van der Waals surface area contributed by atoms with Crippen molar-refractivity contribution in [1.29, 1.82) is 0 Å². The number of carbonyl (C=O) groups is 2. The molecule has 2 aromatic carbocycles. The number of ether oxygens (including phenoxy) is 3. The van der Waals surface area contributed by atoms with E-state index in [0.717, 1.165) is 16.0 Å². The van der Waals surface area contributed by atoms with Gasteiger partial charge in [-0.15, -0.1) is 11.8 Å². The fourth-order valence-electron chi connectivity index (χ4n) is 4.26. The van der Waals surface area contributed by atoms with Crippen LogP contribution in [-0.4, -0.2) is 49.9 Å². The Kier molecular flexibility index (Phi) is 5.90. The third-order valence-corrected chi connectivity index (χ3v) is 7.10. The number of rotatable bonds is 5. The van der Waals surface area contributed by atoms with Crippen LogP contribution in [-0.2, 0) is 27.2 Å². The number of hydrogen-bond donors (Lipinski definition) is 0. The van der Waals surface area contributed by atoms with E-state index in [-0.39, 0.29) is 23.5 Å². The summed E-state index contributed by atoms with van der Waals surface area (Å²) in [7, 11) is 4.55. The molecule has 4 rings (SSSR count). The van der Waals surface area contributed by atoms with Crippen molar-refractivity contribution in [2.24, 2.45) is 0 Å². The summed E-state index contributed by atoms with van der Waals surface area (Å²) in [6, 6.07) is 11.6. The molecule has 2 aliphatic heterocycles. The fraction of sp³-hybridized carbons (Fsp3) is 0.391.